The fourth-order valence-corrected chi connectivity index (χ4v) is 4.57. The van der Waals surface area contributed by atoms with Gasteiger partial charge in [0, 0.05) is 44.6 Å². The standard InChI is InChI=1S/C28H29N5O6/c1-17-13-29-24(32-23(17)19-8-10-37-11-9-19)26(34)31-21-16-38-22-12-20(14-30-25(22)33(2)27(21)35)28(36)39-15-18-6-4-3-5-7-18/h3-7,12-14,19,21H,8-11,15-16H2,1-2H3,(H,31,34). The number of hydrogen-bond acceptors (Lipinski definition) is 9. The molecule has 202 valence electrons. The highest BCUT2D eigenvalue weighted by atomic mass is 16.5. The monoisotopic (exact) mass is 531 g/mol. The number of hydrogen-bond donors (Lipinski definition) is 1. The van der Waals surface area contributed by atoms with Crippen molar-refractivity contribution >= 4 is 23.6 Å². The first-order chi connectivity index (χ1) is 18.9. The first-order valence-electron chi connectivity index (χ1n) is 12.7. The van der Waals surface area contributed by atoms with E-state index in [1.165, 1.54) is 24.2 Å². The number of benzene rings is 1. The molecular formula is C28H29N5O6. The first-order valence-corrected chi connectivity index (χ1v) is 12.7. The molecule has 1 unspecified atom stereocenters. The number of esters is 1. The van der Waals surface area contributed by atoms with Crippen LogP contribution in [0.5, 0.6) is 5.75 Å². The average molecular weight is 532 g/mol. The predicted octanol–water partition coefficient (Wildman–Crippen LogP) is 2.58. The molecule has 0 saturated carbocycles. The number of fused-ring (bicyclic) bond motifs is 1. The number of likely N-dealkylation sites (N-methyl/N-ethyl adjacent to an activating group) is 1. The van der Waals surface area contributed by atoms with Crippen LogP contribution in [0.4, 0.5) is 5.82 Å². The van der Waals surface area contributed by atoms with Crippen molar-refractivity contribution in [1.82, 2.24) is 20.3 Å². The van der Waals surface area contributed by atoms with Gasteiger partial charge in [0.15, 0.2) is 11.6 Å². The van der Waals surface area contributed by atoms with Crippen molar-refractivity contribution in [3.8, 4) is 5.75 Å². The topological polar surface area (TPSA) is 133 Å². The Balaban J connectivity index is 1.27. The van der Waals surface area contributed by atoms with Crippen LogP contribution in [0.1, 0.15) is 56.6 Å². The summed E-state index contributed by atoms with van der Waals surface area (Å²) in [6.07, 6.45) is 4.61. The van der Waals surface area contributed by atoms with Crippen molar-refractivity contribution < 1.29 is 28.6 Å². The molecule has 0 spiro atoms. The fraction of sp³-hybridized carbons (Fsp3) is 0.357. The highest BCUT2D eigenvalue weighted by Gasteiger charge is 2.33. The minimum absolute atomic E-state index is 0.0131. The molecular weight excluding hydrogens is 502 g/mol. The molecule has 1 fully saturated rings. The summed E-state index contributed by atoms with van der Waals surface area (Å²) in [6, 6.07) is 9.78. The summed E-state index contributed by atoms with van der Waals surface area (Å²) in [7, 11) is 1.53. The predicted molar refractivity (Wildman–Crippen MR) is 140 cm³/mol. The van der Waals surface area contributed by atoms with Gasteiger partial charge in [-0.2, -0.15) is 0 Å². The second kappa shape index (κ2) is 11.6. The van der Waals surface area contributed by atoms with Gasteiger partial charge in [-0.15, -0.1) is 0 Å². The zero-order chi connectivity index (χ0) is 27.4. The Bertz CT molecular complexity index is 1380. The summed E-state index contributed by atoms with van der Waals surface area (Å²) in [5.74, 6) is -0.946. The van der Waals surface area contributed by atoms with E-state index in [1.54, 1.807) is 6.20 Å². The van der Waals surface area contributed by atoms with Crippen molar-refractivity contribution in [2.75, 3.05) is 31.8 Å². The maximum atomic E-state index is 13.2. The number of nitrogens with zero attached hydrogens (tertiary/aromatic N) is 4. The molecule has 1 atom stereocenters. The summed E-state index contributed by atoms with van der Waals surface area (Å²) in [4.78, 5) is 53.1. The maximum Gasteiger partial charge on any atom is 0.340 e. The lowest BCUT2D eigenvalue weighted by Gasteiger charge is -2.23. The number of aromatic nitrogens is 3. The van der Waals surface area contributed by atoms with E-state index in [4.69, 9.17) is 14.2 Å². The minimum Gasteiger partial charge on any atom is -0.487 e. The number of aryl methyl sites for hydroxylation is 1. The van der Waals surface area contributed by atoms with Crippen LogP contribution in [0.15, 0.2) is 48.8 Å². The lowest BCUT2D eigenvalue weighted by Crippen LogP contribution is -2.49. The first kappa shape index (κ1) is 26.2. The van der Waals surface area contributed by atoms with Crippen molar-refractivity contribution in [2.45, 2.75) is 38.3 Å². The van der Waals surface area contributed by atoms with E-state index in [1.807, 2.05) is 37.3 Å². The SMILES string of the molecule is Cc1cnc(C(=O)NC2COc3cc(C(=O)OCc4ccccc4)cnc3N(C)C2=O)nc1C1CCOCC1. The molecule has 1 saturated heterocycles. The summed E-state index contributed by atoms with van der Waals surface area (Å²) in [5.41, 5.74) is 2.77. The number of carbonyl (C=O) groups is 3. The average Bonchev–Trinajstić information content (AvgIpc) is 3.08. The van der Waals surface area contributed by atoms with Crippen molar-refractivity contribution in [2.24, 2.45) is 0 Å². The van der Waals surface area contributed by atoms with Gasteiger partial charge in [0.05, 0.1) is 11.3 Å². The van der Waals surface area contributed by atoms with Crippen molar-refractivity contribution in [3.63, 3.8) is 0 Å². The number of ether oxygens (including phenoxy) is 3. The quantitative estimate of drug-likeness (QED) is 0.477. The summed E-state index contributed by atoms with van der Waals surface area (Å²) < 4.78 is 16.6. The Hall–Kier alpha value is -4.38. The zero-order valence-electron chi connectivity index (χ0n) is 21.8. The molecule has 1 aromatic carbocycles. The van der Waals surface area contributed by atoms with E-state index in [-0.39, 0.29) is 42.1 Å². The summed E-state index contributed by atoms with van der Waals surface area (Å²) in [6.45, 7) is 3.17. The third-order valence-corrected chi connectivity index (χ3v) is 6.76. The van der Waals surface area contributed by atoms with E-state index < -0.39 is 23.8 Å². The van der Waals surface area contributed by atoms with Gasteiger partial charge in [0.2, 0.25) is 5.82 Å². The zero-order valence-corrected chi connectivity index (χ0v) is 21.8. The van der Waals surface area contributed by atoms with E-state index in [2.05, 4.69) is 20.3 Å². The molecule has 0 radical (unpaired) electrons. The van der Waals surface area contributed by atoms with E-state index in [0.717, 1.165) is 29.7 Å². The van der Waals surface area contributed by atoms with Crippen LogP contribution in [-0.2, 0) is 20.9 Å². The lowest BCUT2D eigenvalue weighted by molar-refractivity contribution is -0.120. The van der Waals surface area contributed by atoms with Crippen LogP contribution in [0, 0.1) is 6.92 Å². The highest BCUT2D eigenvalue weighted by Crippen LogP contribution is 2.30. The van der Waals surface area contributed by atoms with Gasteiger partial charge in [-0.1, -0.05) is 30.3 Å². The van der Waals surface area contributed by atoms with Gasteiger partial charge < -0.3 is 19.5 Å². The molecule has 0 bridgehead atoms. The Morgan fingerprint density at radius 3 is 2.67 bits per heavy atom. The molecule has 2 amide bonds. The maximum absolute atomic E-state index is 13.2. The Morgan fingerprint density at radius 2 is 1.90 bits per heavy atom. The molecule has 2 aliphatic heterocycles. The molecule has 4 heterocycles. The molecule has 39 heavy (non-hydrogen) atoms. The number of anilines is 1. The fourth-order valence-electron chi connectivity index (χ4n) is 4.57. The van der Waals surface area contributed by atoms with Crippen LogP contribution in [-0.4, -0.2) is 65.6 Å². The summed E-state index contributed by atoms with van der Waals surface area (Å²) in [5, 5.41) is 2.69. The minimum atomic E-state index is -1.01. The van der Waals surface area contributed by atoms with Gasteiger partial charge in [0.1, 0.15) is 19.3 Å². The van der Waals surface area contributed by atoms with Gasteiger partial charge >= 0.3 is 5.97 Å². The van der Waals surface area contributed by atoms with Gasteiger partial charge in [-0.3, -0.25) is 14.5 Å². The molecule has 2 aromatic heterocycles. The highest BCUT2D eigenvalue weighted by molar-refractivity contribution is 6.02. The number of pyridine rings is 1. The second-order valence-electron chi connectivity index (χ2n) is 9.49. The smallest absolute Gasteiger partial charge is 0.340 e. The van der Waals surface area contributed by atoms with E-state index in [9.17, 15) is 14.4 Å². The molecule has 2 aliphatic rings. The van der Waals surface area contributed by atoms with Crippen molar-refractivity contribution in [1.29, 1.82) is 0 Å². The lowest BCUT2D eigenvalue weighted by atomic mass is 9.94. The van der Waals surface area contributed by atoms with Gasteiger partial charge in [0.25, 0.3) is 11.8 Å². The number of nitrogens with one attached hydrogen (secondary N) is 1. The van der Waals surface area contributed by atoms with Crippen LogP contribution >= 0.6 is 0 Å². The number of amides is 2. The molecule has 0 aliphatic carbocycles. The largest absolute Gasteiger partial charge is 0.487 e. The van der Waals surface area contributed by atoms with Gasteiger partial charge in [-0.25, -0.2) is 19.7 Å². The van der Waals surface area contributed by atoms with Crippen molar-refractivity contribution in [3.05, 3.63) is 77.0 Å². The molecule has 3 aromatic rings. The summed E-state index contributed by atoms with van der Waals surface area (Å²) >= 11 is 0. The third kappa shape index (κ3) is 5.88. The Kier molecular flexibility index (Phi) is 7.78. The van der Waals surface area contributed by atoms with E-state index in [0.29, 0.717) is 13.2 Å². The van der Waals surface area contributed by atoms with Crippen LogP contribution in [0.2, 0.25) is 0 Å². The second-order valence-corrected chi connectivity index (χ2v) is 9.49. The number of rotatable bonds is 6. The molecule has 11 nitrogen and oxygen atoms in total. The van der Waals surface area contributed by atoms with Gasteiger partial charge in [-0.05, 0) is 30.9 Å². The van der Waals surface area contributed by atoms with Crippen LogP contribution in [0.25, 0.3) is 0 Å². The van der Waals surface area contributed by atoms with Crippen LogP contribution in [0.3, 0.4) is 0 Å². The Morgan fingerprint density at radius 1 is 1.13 bits per heavy atom. The van der Waals surface area contributed by atoms with E-state index >= 15 is 0 Å². The Labute approximate surface area is 225 Å². The number of carbonyl (C=O) groups excluding carboxylic acids is 3. The molecule has 11 heteroatoms. The third-order valence-electron chi connectivity index (χ3n) is 6.76. The normalized spacial score (nSPS) is 17.5. The molecule has 5 rings (SSSR count). The molecule has 1 N–H and O–H groups in total. The van der Waals surface area contributed by atoms with Crippen LogP contribution < -0.4 is 15.0 Å².